The highest BCUT2D eigenvalue weighted by atomic mass is 16.2. The van der Waals surface area contributed by atoms with Crippen LogP contribution < -0.4 is 5.32 Å². The van der Waals surface area contributed by atoms with Crippen molar-refractivity contribution < 1.29 is 4.79 Å². The quantitative estimate of drug-likeness (QED) is 0.868. The van der Waals surface area contributed by atoms with E-state index in [0.717, 1.165) is 25.9 Å². The van der Waals surface area contributed by atoms with Crippen LogP contribution >= 0.6 is 0 Å². The number of hydrogen-bond donors (Lipinski definition) is 1. The topological polar surface area (TPSA) is 58.1 Å². The van der Waals surface area contributed by atoms with Crippen molar-refractivity contribution in [2.24, 2.45) is 0 Å². The first-order chi connectivity index (χ1) is 8.46. The molecular weight excluding hydrogens is 228 g/mol. The lowest BCUT2D eigenvalue weighted by Crippen LogP contribution is -2.29. The molecule has 0 radical (unpaired) electrons. The minimum atomic E-state index is -0.0604. The molecule has 2 rings (SSSR count). The van der Waals surface area contributed by atoms with Gasteiger partial charge in [-0.25, -0.2) is 9.97 Å². The number of rotatable bonds is 2. The molecule has 0 saturated carbocycles. The zero-order valence-corrected chi connectivity index (χ0v) is 11.2. The van der Waals surface area contributed by atoms with Gasteiger partial charge >= 0.3 is 0 Å². The van der Waals surface area contributed by atoms with Gasteiger partial charge in [-0.15, -0.1) is 0 Å². The summed E-state index contributed by atoms with van der Waals surface area (Å²) in [6.45, 7) is 7.83. The number of anilines is 1. The molecule has 1 saturated heterocycles. The molecule has 1 amide bonds. The van der Waals surface area contributed by atoms with Gasteiger partial charge in [0.05, 0.1) is 12.4 Å². The third-order valence-corrected chi connectivity index (χ3v) is 2.77. The van der Waals surface area contributed by atoms with Gasteiger partial charge in [0, 0.05) is 18.6 Å². The van der Waals surface area contributed by atoms with Gasteiger partial charge in [0.2, 0.25) is 0 Å². The molecule has 5 heteroatoms. The second-order valence-electron chi connectivity index (χ2n) is 5.66. The fourth-order valence-electron chi connectivity index (χ4n) is 1.97. The SMILES string of the molecule is CC(C)(C)Nc1cnc(C(=O)N2CCCC2)cn1. The summed E-state index contributed by atoms with van der Waals surface area (Å²) in [4.78, 5) is 22.3. The van der Waals surface area contributed by atoms with Crippen LogP contribution in [0.15, 0.2) is 12.4 Å². The normalized spacial score (nSPS) is 15.8. The van der Waals surface area contributed by atoms with E-state index in [0.29, 0.717) is 11.5 Å². The molecule has 98 valence electrons. The Morgan fingerprint density at radius 3 is 2.39 bits per heavy atom. The zero-order valence-electron chi connectivity index (χ0n) is 11.2. The molecule has 2 heterocycles. The van der Waals surface area contributed by atoms with E-state index in [1.807, 2.05) is 4.90 Å². The summed E-state index contributed by atoms with van der Waals surface area (Å²) in [5, 5.41) is 3.22. The van der Waals surface area contributed by atoms with E-state index in [4.69, 9.17) is 0 Å². The summed E-state index contributed by atoms with van der Waals surface area (Å²) in [5.41, 5.74) is 0.367. The van der Waals surface area contributed by atoms with Gasteiger partial charge in [-0.05, 0) is 33.6 Å². The van der Waals surface area contributed by atoms with E-state index in [-0.39, 0.29) is 11.4 Å². The minimum absolute atomic E-state index is 0.0118. The van der Waals surface area contributed by atoms with Gasteiger partial charge in [0.1, 0.15) is 11.5 Å². The highest BCUT2D eigenvalue weighted by molar-refractivity contribution is 5.92. The Balaban J connectivity index is 2.05. The van der Waals surface area contributed by atoms with Crippen LogP contribution in [0.5, 0.6) is 0 Å². The van der Waals surface area contributed by atoms with Gasteiger partial charge < -0.3 is 10.2 Å². The molecule has 1 aromatic heterocycles. The maximum atomic E-state index is 12.0. The third kappa shape index (κ3) is 3.18. The van der Waals surface area contributed by atoms with Crippen molar-refractivity contribution in [3.05, 3.63) is 18.1 Å². The number of likely N-dealkylation sites (tertiary alicyclic amines) is 1. The van der Waals surface area contributed by atoms with E-state index in [2.05, 4.69) is 36.1 Å². The summed E-state index contributed by atoms with van der Waals surface area (Å²) in [5.74, 6) is 0.683. The Labute approximate surface area is 108 Å². The maximum absolute atomic E-state index is 12.0. The first kappa shape index (κ1) is 12.8. The molecule has 0 unspecified atom stereocenters. The maximum Gasteiger partial charge on any atom is 0.274 e. The van der Waals surface area contributed by atoms with Crippen molar-refractivity contribution in [1.29, 1.82) is 0 Å². The molecule has 18 heavy (non-hydrogen) atoms. The zero-order chi connectivity index (χ0) is 13.2. The molecule has 0 spiro atoms. The Hall–Kier alpha value is -1.65. The number of aromatic nitrogens is 2. The minimum Gasteiger partial charge on any atom is -0.364 e. The highest BCUT2D eigenvalue weighted by Gasteiger charge is 2.21. The monoisotopic (exact) mass is 248 g/mol. The number of amides is 1. The van der Waals surface area contributed by atoms with Crippen LogP contribution in [0.25, 0.3) is 0 Å². The van der Waals surface area contributed by atoms with Gasteiger partial charge in [0.15, 0.2) is 0 Å². The van der Waals surface area contributed by atoms with Crippen LogP contribution in [0.3, 0.4) is 0 Å². The fourth-order valence-corrected chi connectivity index (χ4v) is 1.97. The summed E-state index contributed by atoms with van der Waals surface area (Å²) < 4.78 is 0. The molecule has 1 fully saturated rings. The third-order valence-electron chi connectivity index (χ3n) is 2.77. The lowest BCUT2D eigenvalue weighted by molar-refractivity contribution is 0.0786. The Morgan fingerprint density at radius 1 is 1.22 bits per heavy atom. The lowest BCUT2D eigenvalue weighted by Gasteiger charge is -2.21. The fraction of sp³-hybridized carbons (Fsp3) is 0.615. The Morgan fingerprint density at radius 2 is 1.89 bits per heavy atom. The molecule has 0 aliphatic carbocycles. The van der Waals surface area contributed by atoms with Gasteiger partial charge in [0.25, 0.3) is 5.91 Å². The van der Waals surface area contributed by atoms with Crippen LogP contribution in [0, 0.1) is 0 Å². The Bertz CT molecular complexity index is 416. The van der Waals surface area contributed by atoms with Gasteiger partial charge in [-0.3, -0.25) is 4.79 Å². The van der Waals surface area contributed by atoms with E-state index < -0.39 is 0 Å². The number of hydrogen-bond acceptors (Lipinski definition) is 4. The van der Waals surface area contributed by atoms with E-state index in [1.165, 1.54) is 0 Å². The molecule has 0 atom stereocenters. The van der Waals surface area contributed by atoms with Crippen LogP contribution in [-0.2, 0) is 0 Å². The van der Waals surface area contributed by atoms with Crippen molar-refractivity contribution >= 4 is 11.7 Å². The van der Waals surface area contributed by atoms with Crippen molar-refractivity contribution in [3.8, 4) is 0 Å². The molecule has 0 aromatic carbocycles. The molecule has 5 nitrogen and oxygen atoms in total. The molecule has 0 bridgehead atoms. The molecule has 1 N–H and O–H groups in total. The highest BCUT2D eigenvalue weighted by Crippen LogP contribution is 2.13. The van der Waals surface area contributed by atoms with Crippen molar-refractivity contribution in [1.82, 2.24) is 14.9 Å². The van der Waals surface area contributed by atoms with Crippen LogP contribution in [-0.4, -0.2) is 39.4 Å². The smallest absolute Gasteiger partial charge is 0.274 e. The van der Waals surface area contributed by atoms with E-state index in [1.54, 1.807) is 12.4 Å². The predicted octanol–water partition coefficient (Wildman–Crippen LogP) is 1.92. The summed E-state index contributed by atoms with van der Waals surface area (Å²) in [7, 11) is 0. The van der Waals surface area contributed by atoms with Gasteiger partial charge in [-0.2, -0.15) is 0 Å². The molecule has 1 aliphatic heterocycles. The number of nitrogens with one attached hydrogen (secondary N) is 1. The standard InChI is InChI=1S/C13H20N4O/c1-13(2,3)16-11-9-14-10(8-15-11)12(18)17-6-4-5-7-17/h8-9H,4-7H2,1-3H3,(H,15,16). The van der Waals surface area contributed by atoms with E-state index >= 15 is 0 Å². The average molecular weight is 248 g/mol. The van der Waals surface area contributed by atoms with Crippen LogP contribution in [0.2, 0.25) is 0 Å². The summed E-state index contributed by atoms with van der Waals surface area (Å²) in [6.07, 6.45) is 5.34. The second kappa shape index (κ2) is 4.92. The van der Waals surface area contributed by atoms with Crippen molar-refractivity contribution in [3.63, 3.8) is 0 Å². The van der Waals surface area contributed by atoms with Gasteiger partial charge in [-0.1, -0.05) is 0 Å². The predicted molar refractivity (Wildman–Crippen MR) is 70.5 cm³/mol. The number of carbonyl (C=O) groups excluding carboxylic acids is 1. The van der Waals surface area contributed by atoms with Crippen LogP contribution in [0.4, 0.5) is 5.82 Å². The first-order valence-corrected chi connectivity index (χ1v) is 6.35. The number of carbonyl (C=O) groups is 1. The van der Waals surface area contributed by atoms with E-state index in [9.17, 15) is 4.79 Å². The van der Waals surface area contributed by atoms with Crippen molar-refractivity contribution in [2.75, 3.05) is 18.4 Å². The second-order valence-corrected chi connectivity index (χ2v) is 5.66. The molecule has 1 aliphatic rings. The largest absolute Gasteiger partial charge is 0.364 e. The first-order valence-electron chi connectivity index (χ1n) is 6.35. The Kier molecular flexibility index (Phi) is 3.50. The lowest BCUT2D eigenvalue weighted by atomic mass is 10.1. The summed E-state index contributed by atoms with van der Waals surface area (Å²) in [6, 6.07) is 0. The van der Waals surface area contributed by atoms with Crippen molar-refractivity contribution in [2.45, 2.75) is 39.2 Å². The average Bonchev–Trinajstić information content (AvgIpc) is 2.80. The number of nitrogens with zero attached hydrogens (tertiary/aromatic N) is 3. The molecular formula is C13H20N4O. The molecule has 1 aromatic rings. The van der Waals surface area contributed by atoms with Crippen LogP contribution in [0.1, 0.15) is 44.1 Å². The summed E-state index contributed by atoms with van der Waals surface area (Å²) >= 11 is 0.